The van der Waals surface area contributed by atoms with Gasteiger partial charge in [0.05, 0.1) is 16.6 Å². The lowest BCUT2D eigenvalue weighted by Crippen LogP contribution is -2.49. The molecule has 1 aromatic heterocycles. The SMILES string of the molecule is CCCCNC(=O)[C@@H]1CC[C@H](C)N(C(=O)/C=C/c2csc(C)n2)C1. The van der Waals surface area contributed by atoms with E-state index >= 15 is 0 Å². The maximum Gasteiger partial charge on any atom is 0.246 e. The highest BCUT2D eigenvalue weighted by Gasteiger charge is 2.31. The molecule has 24 heavy (non-hydrogen) atoms. The smallest absolute Gasteiger partial charge is 0.246 e. The fourth-order valence-electron chi connectivity index (χ4n) is 2.87. The molecule has 2 heterocycles. The Kier molecular flexibility index (Phi) is 6.97. The predicted octanol–water partition coefficient (Wildman–Crippen LogP) is 3.01. The fourth-order valence-corrected chi connectivity index (χ4v) is 3.45. The molecule has 1 N–H and O–H groups in total. The number of likely N-dealkylation sites (tertiary alicyclic amines) is 1. The Labute approximate surface area is 148 Å². The first-order valence-electron chi connectivity index (χ1n) is 8.69. The summed E-state index contributed by atoms with van der Waals surface area (Å²) in [6.07, 6.45) is 7.09. The molecule has 1 aliphatic heterocycles. The number of aryl methyl sites for hydroxylation is 1. The molecule has 0 aliphatic carbocycles. The molecule has 132 valence electrons. The first kappa shape index (κ1) is 18.6. The predicted molar refractivity (Wildman–Crippen MR) is 97.7 cm³/mol. The van der Waals surface area contributed by atoms with Gasteiger partial charge in [-0.1, -0.05) is 13.3 Å². The van der Waals surface area contributed by atoms with E-state index in [-0.39, 0.29) is 23.8 Å². The first-order valence-corrected chi connectivity index (χ1v) is 9.57. The van der Waals surface area contributed by atoms with E-state index in [1.54, 1.807) is 23.5 Å². The molecule has 6 heteroatoms. The van der Waals surface area contributed by atoms with Crippen molar-refractivity contribution in [3.05, 3.63) is 22.2 Å². The zero-order valence-electron chi connectivity index (χ0n) is 14.7. The van der Waals surface area contributed by atoms with Gasteiger partial charge < -0.3 is 10.2 Å². The lowest BCUT2D eigenvalue weighted by molar-refractivity contribution is -0.134. The van der Waals surface area contributed by atoms with Gasteiger partial charge in [0.15, 0.2) is 0 Å². The van der Waals surface area contributed by atoms with Crippen LogP contribution in [0.15, 0.2) is 11.5 Å². The van der Waals surface area contributed by atoms with Crippen LogP contribution in [0, 0.1) is 12.8 Å². The summed E-state index contributed by atoms with van der Waals surface area (Å²) in [5.74, 6) is -0.0663. The van der Waals surface area contributed by atoms with Crippen molar-refractivity contribution in [3.8, 4) is 0 Å². The number of nitrogens with one attached hydrogen (secondary N) is 1. The Bertz CT molecular complexity index is 597. The van der Waals surface area contributed by atoms with Crippen LogP contribution in [0.4, 0.5) is 0 Å². The highest BCUT2D eigenvalue weighted by molar-refractivity contribution is 7.09. The summed E-state index contributed by atoms with van der Waals surface area (Å²) >= 11 is 1.57. The second-order valence-corrected chi connectivity index (χ2v) is 7.45. The van der Waals surface area contributed by atoms with E-state index in [4.69, 9.17) is 0 Å². The Morgan fingerprint density at radius 1 is 1.46 bits per heavy atom. The molecule has 2 atom stereocenters. The Morgan fingerprint density at radius 3 is 2.92 bits per heavy atom. The molecular weight excluding hydrogens is 322 g/mol. The van der Waals surface area contributed by atoms with Crippen molar-refractivity contribution in [2.45, 2.75) is 52.5 Å². The molecule has 5 nitrogen and oxygen atoms in total. The molecule has 0 spiro atoms. The molecule has 1 aliphatic rings. The number of aromatic nitrogens is 1. The number of unbranched alkanes of at least 4 members (excludes halogenated alkanes) is 1. The number of piperidine rings is 1. The summed E-state index contributed by atoms with van der Waals surface area (Å²) in [7, 11) is 0. The number of hydrogen-bond donors (Lipinski definition) is 1. The molecule has 2 rings (SSSR count). The van der Waals surface area contributed by atoms with Gasteiger partial charge in [0.2, 0.25) is 11.8 Å². The van der Waals surface area contributed by atoms with Gasteiger partial charge in [-0.3, -0.25) is 9.59 Å². The van der Waals surface area contributed by atoms with Gasteiger partial charge in [0.25, 0.3) is 0 Å². The topological polar surface area (TPSA) is 62.3 Å². The average molecular weight is 350 g/mol. The van der Waals surface area contributed by atoms with Crippen LogP contribution in [0.2, 0.25) is 0 Å². The largest absolute Gasteiger partial charge is 0.356 e. The summed E-state index contributed by atoms with van der Waals surface area (Å²) in [6, 6.07) is 0.166. The van der Waals surface area contributed by atoms with E-state index in [1.807, 2.05) is 24.1 Å². The van der Waals surface area contributed by atoms with Crippen molar-refractivity contribution >= 4 is 29.2 Å². The van der Waals surface area contributed by atoms with Crippen LogP contribution < -0.4 is 5.32 Å². The number of thiazole rings is 1. The van der Waals surface area contributed by atoms with Crippen molar-refractivity contribution < 1.29 is 9.59 Å². The van der Waals surface area contributed by atoms with Gasteiger partial charge >= 0.3 is 0 Å². The van der Waals surface area contributed by atoms with Crippen molar-refractivity contribution in [1.29, 1.82) is 0 Å². The Balaban J connectivity index is 1.93. The van der Waals surface area contributed by atoms with E-state index in [2.05, 4.69) is 17.2 Å². The number of nitrogens with zero attached hydrogens (tertiary/aromatic N) is 2. The number of rotatable bonds is 6. The maximum absolute atomic E-state index is 12.5. The third-order valence-electron chi connectivity index (χ3n) is 4.40. The molecule has 1 fully saturated rings. The molecule has 0 saturated carbocycles. The summed E-state index contributed by atoms with van der Waals surface area (Å²) < 4.78 is 0. The third kappa shape index (κ3) is 5.16. The van der Waals surface area contributed by atoms with Crippen molar-refractivity contribution in [1.82, 2.24) is 15.2 Å². The number of hydrogen-bond acceptors (Lipinski definition) is 4. The molecule has 0 unspecified atom stereocenters. The lowest BCUT2D eigenvalue weighted by Gasteiger charge is -2.36. The standard InChI is InChI=1S/C18H27N3O2S/c1-4-5-10-19-18(23)15-7-6-13(2)21(11-15)17(22)9-8-16-12-24-14(3)20-16/h8-9,12-13,15H,4-7,10-11H2,1-3H3,(H,19,23)/b9-8+/t13-,15+/m0/s1. The zero-order chi connectivity index (χ0) is 17.5. The normalized spacial score (nSPS) is 21.2. The second kappa shape index (κ2) is 8.97. The van der Waals surface area contributed by atoms with Crippen LogP contribution in [-0.4, -0.2) is 40.8 Å². The van der Waals surface area contributed by atoms with E-state index < -0.39 is 0 Å². The van der Waals surface area contributed by atoms with Crippen molar-refractivity contribution in [3.63, 3.8) is 0 Å². The first-order chi connectivity index (χ1) is 11.5. The minimum atomic E-state index is -0.100. The lowest BCUT2D eigenvalue weighted by atomic mass is 9.92. The quantitative estimate of drug-likeness (QED) is 0.634. The van der Waals surface area contributed by atoms with Crippen LogP contribution in [0.5, 0.6) is 0 Å². The number of carbonyl (C=O) groups excluding carboxylic acids is 2. The average Bonchev–Trinajstić information content (AvgIpc) is 2.98. The van der Waals surface area contributed by atoms with Crippen molar-refractivity contribution in [2.75, 3.05) is 13.1 Å². The molecule has 0 radical (unpaired) electrons. The van der Waals surface area contributed by atoms with Gasteiger partial charge in [-0.2, -0.15) is 0 Å². The molecule has 1 saturated heterocycles. The van der Waals surface area contributed by atoms with Crippen LogP contribution in [0.1, 0.15) is 50.2 Å². The third-order valence-corrected chi connectivity index (χ3v) is 5.19. The molecule has 2 amide bonds. The van der Waals surface area contributed by atoms with E-state index in [1.165, 1.54) is 0 Å². The summed E-state index contributed by atoms with van der Waals surface area (Å²) in [6.45, 7) is 7.31. The Morgan fingerprint density at radius 2 is 2.25 bits per heavy atom. The Hall–Kier alpha value is -1.69. The molecular formula is C18H27N3O2S. The molecule has 1 aromatic rings. The van der Waals surface area contributed by atoms with Gasteiger partial charge in [-0.05, 0) is 39.2 Å². The van der Waals surface area contributed by atoms with Crippen LogP contribution in [-0.2, 0) is 9.59 Å². The van der Waals surface area contributed by atoms with Gasteiger partial charge in [-0.25, -0.2) is 4.98 Å². The van der Waals surface area contributed by atoms with Crippen LogP contribution >= 0.6 is 11.3 Å². The van der Waals surface area contributed by atoms with E-state index in [0.29, 0.717) is 6.54 Å². The monoisotopic (exact) mass is 349 g/mol. The highest BCUT2D eigenvalue weighted by atomic mass is 32.1. The van der Waals surface area contributed by atoms with Crippen LogP contribution in [0.3, 0.4) is 0 Å². The van der Waals surface area contributed by atoms with Gasteiger partial charge in [-0.15, -0.1) is 11.3 Å². The number of amides is 2. The summed E-state index contributed by atoms with van der Waals surface area (Å²) in [5, 5.41) is 5.90. The minimum absolute atomic E-state index is 0.0424. The minimum Gasteiger partial charge on any atom is -0.356 e. The fraction of sp³-hybridized carbons (Fsp3) is 0.611. The number of carbonyl (C=O) groups is 2. The van der Waals surface area contributed by atoms with Crippen molar-refractivity contribution in [2.24, 2.45) is 5.92 Å². The van der Waals surface area contributed by atoms with Gasteiger partial charge in [0, 0.05) is 30.6 Å². The zero-order valence-corrected chi connectivity index (χ0v) is 15.6. The van der Waals surface area contributed by atoms with Crippen LogP contribution in [0.25, 0.3) is 6.08 Å². The van der Waals surface area contributed by atoms with E-state index in [9.17, 15) is 9.59 Å². The van der Waals surface area contributed by atoms with Gasteiger partial charge in [0.1, 0.15) is 0 Å². The highest BCUT2D eigenvalue weighted by Crippen LogP contribution is 2.22. The maximum atomic E-state index is 12.5. The summed E-state index contributed by atoms with van der Waals surface area (Å²) in [4.78, 5) is 30.9. The summed E-state index contributed by atoms with van der Waals surface area (Å²) in [5.41, 5.74) is 0.810. The molecule has 0 aromatic carbocycles. The second-order valence-electron chi connectivity index (χ2n) is 6.38. The molecule has 0 bridgehead atoms. The van der Waals surface area contributed by atoms with E-state index in [0.717, 1.165) is 42.9 Å².